The van der Waals surface area contributed by atoms with E-state index in [1.54, 1.807) is 11.8 Å². The van der Waals surface area contributed by atoms with E-state index < -0.39 is 35.8 Å². The van der Waals surface area contributed by atoms with Crippen LogP contribution in [0.2, 0.25) is 0 Å². The van der Waals surface area contributed by atoms with Crippen molar-refractivity contribution < 1.29 is 27.9 Å². The maximum Gasteiger partial charge on any atom is 0.435 e. The number of nitrogens with zero attached hydrogens (tertiary/aromatic N) is 2. The average Bonchev–Trinajstić information content (AvgIpc) is 2.87. The molecule has 1 amide bonds. The molecule has 1 aromatic heterocycles. The molecule has 0 saturated carbocycles. The molecular weight excluding hydrogens is 323 g/mol. The molecule has 0 atom stereocenters. The number of halogens is 3. The predicted molar refractivity (Wildman–Crippen MR) is 72.3 cm³/mol. The van der Waals surface area contributed by atoms with Crippen LogP contribution in [0.4, 0.5) is 13.2 Å². The lowest BCUT2D eigenvalue weighted by Gasteiger charge is -2.33. The highest BCUT2D eigenvalue weighted by atomic mass is 32.2. The molecule has 2 N–H and O–H groups in total. The number of hydrogen-bond acceptors (Lipinski definition) is 4. The van der Waals surface area contributed by atoms with Gasteiger partial charge in [-0.05, 0) is 30.4 Å². The topological polar surface area (TPSA) is 84.2 Å². The van der Waals surface area contributed by atoms with E-state index in [0.717, 1.165) is 16.9 Å². The number of amides is 1. The van der Waals surface area contributed by atoms with E-state index in [1.807, 2.05) is 0 Å². The summed E-state index contributed by atoms with van der Waals surface area (Å²) in [6.07, 6.45) is -2.98. The van der Waals surface area contributed by atoms with E-state index in [1.165, 1.54) is 0 Å². The van der Waals surface area contributed by atoms with E-state index in [4.69, 9.17) is 0 Å². The molecule has 22 heavy (non-hydrogen) atoms. The molecule has 1 aliphatic heterocycles. The summed E-state index contributed by atoms with van der Waals surface area (Å²) in [5, 5.41) is 15.0. The number of aliphatic carboxylic acids is 1. The molecular formula is C12H14F3N3O3S. The molecule has 1 saturated heterocycles. The summed E-state index contributed by atoms with van der Waals surface area (Å²) in [5.41, 5.74) is -2.44. The predicted octanol–water partition coefficient (Wildman–Crippen LogP) is 1.37. The molecule has 6 nitrogen and oxygen atoms in total. The van der Waals surface area contributed by atoms with Crippen LogP contribution in [0.1, 0.15) is 18.5 Å². The van der Waals surface area contributed by atoms with Gasteiger partial charge in [0.25, 0.3) is 0 Å². The highest BCUT2D eigenvalue weighted by molar-refractivity contribution is 7.99. The minimum atomic E-state index is -4.58. The zero-order chi connectivity index (χ0) is 16.4. The Morgan fingerprint density at radius 1 is 1.41 bits per heavy atom. The van der Waals surface area contributed by atoms with Gasteiger partial charge in [0, 0.05) is 6.20 Å². The lowest BCUT2D eigenvalue weighted by molar-refractivity contribution is -0.148. The van der Waals surface area contributed by atoms with Gasteiger partial charge in [0.2, 0.25) is 5.91 Å². The minimum absolute atomic E-state index is 0.283. The van der Waals surface area contributed by atoms with E-state index in [0.29, 0.717) is 11.5 Å². The van der Waals surface area contributed by atoms with Crippen molar-refractivity contribution >= 4 is 23.6 Å². The van der Waals surface area contributed by atoms with Crippen molar-refractivity contribution in [3.8, 4) is 0 Å². The van der Waals surface area contributed by atoms with Gasteiger partial charge in [-0.1, -0.05) is 0 Å². The first-order valence-corrected chi connectivity index (χ1v) is 7.61. The molecule has 2 heterocycles. The molecule has 0 radical (unpaired) electrons. The third-order valence-electron chi connectivity index (χ3n) is 3.37. The molecule has 2 rings (SSSR count). The quantitative estimate of drug-likeness (QED) is 0.867. The lowest BCUT2D eigenvalue weighted by Crippen LogP contribution is -2.57. The van der Waals surface area contributed by atoms with Gasteiger partial charge in [-0.25, -0.2) is 4.79 Å². The maximum atomic E-state index is 12.4. The van der Waals surface area contributed by atoms with Crippen molar-refractivity contribution in [2.75, 3.05) is 11.5 Å². The molecule has 1 aromatic rings. The Hall–Kier alpha value is -1.71. The van der Waals surface area contributed by atoms with Crippen molar-refractivity contribution in [2.24, 2.45) is 0 Å². The second-order valence-electron chi connectivity index (χ2n) is 4.94. The van der Waals surface area contributed by atoms with Crippen LogP contribution < -0.4 is 5.32 Å². The van der Waals surface area contributed by atoms with Crippen LogP contribution in [0.5, 0.6) is 0 Å². The van der Waals surface area contributed by atoms with Gasteiger partial charge in [0.1, 0.15) is 12.1 Å². The molecule has 0 aliphatic carbocycles. The van der Waals surface area contributed by atoms with Crippen molar-refractivity contribution in [1.82, 2.24) is 15.1 Å². The molecule has 1 fully saturated rings. The Balaban J connectivity index is 2.02. The van der Waals surface area contributed by atoms with Crippen LogP contribution in [0.3, 0.4) is 0 Å². The molecule has 122 valence electrons. The van der Waals surface area contributed by atoms with Gasteiger partial charge >= 0.3 is 12.1 Å². The van der Waals surface area contributed by atoms with Crippen molar-refractivity contribution in [3.05, 3.63) is 18.0 Å². The minimum Gasteiger partial charge on any atom is -0.480 e. The number of hydrogen-bond donors (Lipinski definition) is 2. The summed E-state index contributed by atoms with van der Waals surface area (Å²) in [6.45, 7) is -0.460. The van der Waals surface area contributed by atoms with Crippen LogP contribution in [0, 0.1) is 0 Å². The lowest BCUT2D eigenvalue weighted by atomic mass is 9.92. The molecule has 0 spiro atoms. The SMILES string of the molecule is O=C(Cn1ccc(C(F)(F)F)n1)NC1(C(=O)O)CCSCC1. The van der Waals surface area contributed by atoms with Gasteiger partial charge in [0.15, 0.2) is 5.69 Å². The zero-order valence-electron chi connectivity index (χ0n) is 11.4. The fourth-order valence-electron chi connectivity index (χ4n) is 2.17. The van der Waals surface area contributed by atoms with Gasteiger partial charge in [-0.15, -0.1) is 0 Å². The first-order valence-electron chi connectivity index (χ1n) is 6.46. The van der Waals surface area contributed by atoms with E-state index in [9.17, 15) is 27.9 Å². The highest BCUT2D eigenvalue weighted by Gasteiger charge is 2.41. The smallest absolute Gasteiger partial charge is 0.435 e. The van der Waals surface area contributed by atoms with Crippen molar-refractivity contribution in [2.45, 2.75) is 31.1 Å². The standard InChI is InChI=1S/C12H14F3N3O3S/c13-12(14,15)8-1-4-18(17-8)7-9(19)16-11(10(20)21)2-5-22-6-3-11/h1,4H,2-3,5-7H2,(H,16,19)(H,20,21). The zero-order valence-corrected chi connectivity index (χ0v) is 12.2. The summed E-state index contributed by atoms with van der Waals surface area (Å²) in [4.78, 5) is 23.3. The number of carbonyl (C=O) groups excluding carboxylic acids is 1. The Bertz CT molecular complexity index is 567. The maximum absolute atomic E-state index is 12.4. The number of nitrogens with one attached hydrogen (secondary N) is 1. The molecule has 0 aromatic carbocycles. The first kappa shape index (κ1) is 16.7. The number of aromatic nitrogens is 2. The van der Waals surface area contributed by atoms with Crippen LogP contribution in [-0.4, -0.2) is 43.8 Å². The largest absolute Gasteiger partial charge is 0.480 e. The van der Waals surface area contributed by atoms with Crippen LogP contribution >= 0.6 is 11.8 Å². The summed E-state index contributed by atoms with van der Waals surface area (Å²) in [5.74, 6) is -0.595. The number of rotatable bonds is 4. The monoisotopic (exact) mass is 337 g/mol. The Morgan fingerprint density at radius 2 is 2.05 bits per heavy atom. The first-order chi connectivity index (χ1) is 10.2. The average molecular weight is 337 g/mol. The third kappa shape index (κ3) is 3.73. The molecule has 0 unspecified atom stereocenters. The van der Waals surface area contributed by atoms with Crippen LogP contribution in [0.25, 0.3) is 0 Å². The Morgan fingerprint density at radius 3 is 2.55 bits per heavy atom. The molecule has 0 bridgehead atoms. The summed E-state index contributed by atoms with van der Waals surface area (Å²) in [7, 11) is 0. The second-order valence-corrected chi connectivity index (χ2v) is 6.17. The third-order valence-corrected chi connectivity index (χ3v) is 4.36. The van der Waals surface area contributed by atoms with Crippen molar-refractivity contribution in [1.29, 1.82) is 0 Å². The Kier molecular flexibility index (Phi) is 4.69. The highest BCUT2D eigenvalue weighted by Crippen LogP contribution is 2.28. The number of alkyl halides is 3. The van der Waals surface area contributed by atoms with Gasteiger partial charge < -0.3 is 10.4 Å². The molecule has 10 heteroatoms. The van der Waals surface area contributed by atoms with Crippen LogP contribution in [-0.2, 0) is 22.3 Å². The molecule has 1 aliphatic rings. The number of thioether (sulfide) groups is 1. The van der Waals surface area contributed by atoms with E-state index >= 15 is 0 Å². The number of carboxylic acid groups (broad SMARTS) is 1. The summed E-state index contributed by atoms with van der Waals surface area (Å²) >= 11 is 1.59. The fourth-order valence-corrected chi connectivity index (χ4v) is 3.36. The summed E-state index contributed by atoms with van der Waals surface area (Å²) in [6, 6.07) is 0.761. The normalized spacial score (nSPS) is 18.0. The number of carbonyl (C=O) groups is 2. The van der Waals surface area contributed by atoms with E-state index in [-0.39, 0.29) is 12.8 Å². The van der Waals surface area contributed by atoms with Crippen molar-refractivity contribution in [3.63, 3.8) is 0 Å². The number of carboxylic acids is 1. The summed E-state index contributed by atoms with van der Waals surface area (Å²) < 4.78 is 38.1. The fraction of sp³-hybridized carbons (Fsp3) is 0.583. The van der Waals surface area contributed by atoms with Gasteiger partial charge in [-0.3, -0.25) is 9.48 Å². The van der Waals surface area contributed by atoms with Crippen LogP contribution in [0.15, 0.2) is 12.3 Å². The van der Waals surface area contributed by atoms with Gasteiger partial charge in [0.05, 0.1) is 0 Å². The van der Waals surface area contributed by atoms with Gasteiger partial charge in [-0.2, -0.15) is 30.0 Å². The second kappa shape index (κ2) is 6.19. The Labute approximate surface area is 128 Å². The van der Waals surface area contributed by atoms with E-state index in [2.05, 4.69) is 10.4 Å².